The fourth-order valence-corrected chi connectivity index (χ4v) is 4.02. The van der Waals surface area contributed by atoms with Crippen LogP contribution in [0.2, 0.25) is 5.02 Å². The topological polar surface area (TPSA) is 101 Å². The van der Waals surface area contributed by atoms with Gasteiger partial charge in [0.15, 0.2) is 5.17 Å². The van der Waals surface area contributed by atoms with E-state index in [9.17, 15) is 9.59 Å². The lowest BCUT2D eigenvalue weighted by atomic mass is 10.1. The van der Waals surface area contributed by atoms with Gasteiger partial charge in [-0.3, -0.25) is 4.79 Å². The molecule has 0 spiro atoms. The number of carbonyl (C=O) groups excluding carboxylic acids is 1. The van der Waals surface area contributed by atoms with Crippen LogP contribution in [0.15, 0.2) is 68.9 Å². The zero-order valence-corrected chi connectivity index (χ0v) is 18.4. The van der Waals surface area contributed by atoms with Crippen LogP contribution < -0.4 is 10.1 Å². The quantitative estimate of drug-likeness (QED) is 0.457. The van der Waals surface area contributed by atoms with E-state index in [1.807, 2.05) is 31.2 Å². The highest BCUT2D eigenvalue weighted by molar-refractivity contribution is 8.18. The van der Waals surface area contributed by atoms with Gasteiger partial charge in [0.2, 0.25) is 0 Å². The van der Waals surface area contributed by atoms with Crippen LogP contribution in [-0.2, 0) is 4.79 Å². The Bertz CT molecular complexity index is 1250. The monoisotopic (exact) mass is 468 g/mol. The zero-order chi connectivity index (χ0) is 22.7. The molecule has 0 radical (unpaired) electrons. The summed E-state index contributed by atoms with van der Waals surface area (Å²) in [6, 6.07) is 15.3. The molecule has 2 heterocycles. The van der Waals surface area contributed by atoms with Crippen LogP contribution in [-0.4, -0.2) is 28.8 Å². The van der Waals surface area contributed by atoms with E-state index in [1.54, 1.807) is 24.3 Å². The second-order valence-electron chi connectivity index (χ2n) is 6.61. The van der Waals surface area contributed by atoms with Gasteiger partial charge in [-0.15, -0.1) is 0 Å². The van der Waals surface area contributed by atoms with Gasteiger partial charge in [-0.05, 0) is 67.2 Å². The van der Waals surface area contributed by atoms with Crippen molar-refractivity contribution in [2.24, 2.45) is 4.99 Å². The third-order valence-corrected chi connectivity index (χ3v) is 5.64. The maximum atomic E-state index is 12.3. The molecule has 162 valence electrons. The third kappa shape index (κ3) is 4.87. The molecule has 0 bridgehead atoms. The number of aromatic carboxylic acids is 1. The number of halogens is 1. The van der Waals surface area contributed by atoms with Crippen LogP contribution in [0.4, 0.5) is 5.69 Å². The first-order chi connectivity index (χ1) is 15.4. The van der Waals surface area contributed by atoms with Crippen molar-refractivity contribution < 1.29 is 23.8 Å². The number of amidine groups is 1. The van der Waals surface area contributed by atoms with Crippen LogP contribution in [0.1, 0.15) is 23.0 Å². The number of nitrogens with one attached hydrogen (secondary N) is 1. The number of hydrogen-bond acceptors (Lipinski definition) is 6. The molecule has 7 nitrogen and oxygen atoms in total. The van der Waals surface area contributed by atoms with E-state index in [2.05, 4.69) is 10.3 Å². The van der Waals surface area contributed by atoms with E-state index in [0.717, 1.165) is 5.75 Å². The molecule has 2 N–H and O–H groups in total. The van der Waals surface area contributed by atoms with E-state index in [4.69, 9.17) is 25.9 Å². The minimum atomic E-state index is -1.10. The third-order valence-electron chi connectivity index (χ3n) is 4.41. The van der Waals surface area contributed by atoms with E-state index < -0.39 is 5.97 Å². The standard InChI is InChI=1S/C23H17ClN2O5S/c1-2-30-15-6-4-14(5-7-15)25-23-26-21(27)20(32-23)12-16-8-10-19(31-16)13-3-9-17(22(28)29)18(24)11-13/h3-12H,2H2,1H3,(H,28,29)(H,25,26,27). The minimum absolute atomic E-state index is 0.0164. The number of rotatable bonds is 6. The van der Waals surface area contributed by atoms with Crippen molar-refractivity contribution >= 4 is 52.2 Å². The number of hydrogen-bond donors (Lipinski definition) is 2. The summed E-state index contributed by atoms with van der Waals surface area (Å²) >= 11 is 7.24. The molecule has 1 fully saturated rings. The number of thioether (sulfide) groups is 1. The highest BCUT2D eigenvalue weighted by Gasteiger charge is 2.24. The Morgan fingerprint density at radius 1 is 1.22 bits per heavy atom. The van der Waals surface area contributed by atoms with Crippen LogP contribution >= 0.6 is 23.4 Å². The normalized spacial score (nSPS) is 15.9. The Kier molecular flexibility index (Phi) is 6.34. The second kappa shape index (κ2) is 9.33. The molecule has 0 saturated carbocycles. The van der Waals surface area contributed by atoms with Gasteiger partial charge in [-0.1, -0.05) is 17.7 Å². The lowest BCUT2D eigenvalue weighted by Gasteiger charge is -2.02. The van der Waals surface area contributed by atoms with Crippen molar-refractivity contribution in [2.75, 3.05) is 6.61 Å². The predicted octanol–water partition coefficient (Wildman–Crippen LogP) is 5.59. The molecule has 1 amide bonds. The number of carboxylic acid groups (broad SMARTS) is 1. The van der Waals surface area contributed by atoms with Gasteiger partial charge >= 0.3 is 5.97 Å². The van der Waals surface area contributed by atoms with E-state index in [-0.39, 0.29) is 16.5 Å². The van der Waals surface area contributed by atoms with Crippen LogP contribution in [0.5, 0.6) is 5.75 Å². The molecular weight excluding hydrogens is 452 g/mol. The van der Waals surface area contributed by atoms with Gasteiger partial charge in [0.1, 0.15) is 17.3 Å². The number of aliphatic imine (C=N–C) groups is 1. The largest absolute Gasteiger partial charge is 0.494 e. The van der Waals surface area contributed by atoms with Gasteiger partial charge in [0, 0.05) is 11.6 Å². The van der Waals surface area contributed by atoms with Crippen molar-refractivity contribution in [1.29, 1.82) is 0 Å². The lowest BCUT2D eigenvalue weighted by Crippen LogP contribution is -2.19. The molecule has 3 aromatic rings. The van der Waals surface area contributed by atoms with Gasteiger partial charge < -0.3 is 19.6 Å². The highest BCUT2D eigenvalue weighted by atomic mass is 35.5. The fraction of sp³-hybridized carbons (Fsp3) is 0.0870. The number of ether oxygens (including phenoxy) is 1. The van der Waals surface area contributed by atoms with Gasteiger partial charge in [-0.2, -0.15) is 0 Å². The number of carbonyl (C=O) groups is 2. The van der Waals surface area contributed by atoms with Crippen molar-refractivity contribution in [3.05, 3.63) is 75.8 Å². The molecule has 4 rings (SSSR count). The SMILES string of the molecule is CCOc1ccc(N=C2NC(=O)C(=Cc3ccc(-c4ccc(C(=O)O)c(Cl)c4)o3)S2)cc1. The number of furan rings is 1. The summed E-state index contributed by atoms with van der Waals surface area (Å²) in [6.45, 7) is 2.50. The summed E-state index contributed by atoms with van der Waals surface area (Å²) in [7, 11) is 0. The molecule has 32 heavy (non-hydrogen) atoms. The fourth-order valence-electron chi connectivity index (χ4n) is 2.94. The smallest absolute Gasteiger partial charge is 0.337 e. The summed E-state index contributed by atoms with van der Waals surface area (Å²) in [5.74, 6) is 0.360. The Morgan fingerprint density at radius 2 is 2.00 bits per heavy atom. The van der Waals surface area contributed by atoms with E-state index in [0.29, 0.717) is 39.5 Å². The molecule has 0 aliphatic carbocycles. The number of amides is 1. The molecule has 1 aliphatic rings. The minimum Gasteiger partial charge on any atom is -0.494 e. The Morgan fingerprint density at radius 3 is 2.69 bits per heavy atom. The number of carboxylic acids is 1. The average molecular weight is 469 g/mol. The van der Waals surface area contributed by atoms with Gasteiger partial charge in [-0.25, -0.2) is 9.79 Å². The van der Waals surface area contributed by atoms with Gasteiger partial charge in [0.05, 0.1) is 27.8 Å². The first kappa shape index (κ1) is 21.7. The Hall–Kier alpha value is -3.49. The highest BCUT2D eigenvalue weighted by Crippen LogP contribution is 2.31. The average Bonchev–Trinajstić information content (AvgIpc) is 3.36. The van der Waals surface area contributed by atoms with Crippen LogP contribution in [0.25, 0.3) is 17.4 Å². The van der Waals surface area contributed by atoms with Gasteiger partial charge in [0.25, 0.3) is 5.91 Å². The molecular formula is C23H17ClN2O5S. The molecule has 0 unspecified atom stereocenters. The lowest BCUT2D eigenvalue weighted by molar-refractivity contribution is -0.115. The molecule has 2 aromatic carbocycles. The Labute approximate surface area is 192 Å². The molecule has 1 aliphatic heterocycles. The maximum absolute atomic E-state index is 12.3. The van der Waals surface area contributed by atoms with Crippen LogP contribution in [0, 0.1) is 0 Å². The van der Waals surface area contributed by atoms with Crippen molar-refractivity contribution in [3.63, 3.8) is 0 Å². The predicted molar refractivity (Wildman–Crippen MR) is 125 cm³/mol. The molecule has 0 atom stereocenters. The molecule has 1 saturated heterocycles. The van der Waals surface area contributed by atoms with E-state index in [1.165, 1.54) is 23.9 Å². The van der Waals surface area contributed by atoms with Crippen molar-refractivity contribution in [3.8, 4) is 17.1 Å². The van der Waals surface area contributed by atoms with Crippen LogP contribution in [0.3, 0.4) is 0 Å². The van der Waals surface area contributed by atoms with E-state index >= 15 is 0 Å². The Balaban J connectivity index is 1.50. The summed E-state index contributed by atoms with van der Waals surface area (Å²) in [5.41, 5.74) is 1.34. The summed E-state index contributed by atoms with van der Waals surface area (Å²) in [4.78, 5) is 28.3. The number of nitrogens with zero attached hydrogens (tertiary/aromatic N) is 1. The first-order valence-corrected chi connectivity index (χ1v) is 10.8. The first-order valence-electron chi connectivity index (χ1n) is 9.58. The zero-order valence-electron chi connectivity index (χ0n) is 16.8. The summed E-state index contributed by atoms with van der Waals surface area (Å²) in [5, 5.41) is 12.4. The molecule has 1 aromatic heterocycles. The second-order valence-corrected chi connectivity index (χ2v) is 8.05. The maximum Gasteiger partial charge on any atom is 0.337 e. The van der Waals surface area contributed by atoms with Crippen molar-refractivity contribution in [2.45, 2.75) is 6.92 Å². The summed E-state index contributed by atoms with van der Waals surface area (Å²) in [6.07, 6.45) is 1.62. The van der Waals surface area contributed by atoms with Crippen molar-refractivity contribution in [1.82, 2.24) is 5.32 Å². The number of benzene rings is 2. The molecule has 9 heteroatoms. The summed E-state index contributed by atoms with van der Waals surface area (Å²) < 4.78 is 11.2.